The number of nitrogens with zero attached hydrogens (tertiary/aromatic N) is 8. The van der Waals surface area contributed by atoms with E-state index in [-0.39, 0.29) is 39.0 Å². The lowest BCUT2D eigenvalue weighted by Crippen LogP contribution is -2.55. The molecule has 4 aliphatic heterocycles. The van der Waals surface area contributed by atoms with E-state index in [1.54, 1.807) is 98.8 Å². The van der Waals surface area contributed by atoms with E-state index in [4.69, 9.17) is 0 Å². The van der Waals surface area contributed by atoms with E-state index in [1.165, 1.54) is 0 Å². The van der Waals surface area contributed by atoms with Crippen molar-refractivity contribution in [1.82, 2.24) is 19.6 Å². The zero-order valence-corrected chi connectivity index (χ0v) is 45.4. The summed E-state index contributed by atoms with van der Waals surface area (Å²) in [6, 6.07) is 28.9. The highest BCUT2D eigenvalue weighted by atomic mass is 16.2. The summed E-state index contributed by atoms with van der Waals surface area (Å²) in [5.41, 5.74) is 7.70. The average Bonchev–Trinajstić information content (AvgIpc) is 3.40. The van der Waals surface area contributed by atoms with Gasteiger partial charge >= 0.3 is 24.1 Å². The number of carbonyl (C=O) groups is 12. The number of hydrogen-bond donors (Lipinski definition) is 0. The Morgan fingerprint density at radius 1 is 0.300 bits per heavy atom. The Kier molecular flexibility index (Phi) is 17.1. The zero-order valence-electron chi connectivity index (χ0n) is 45.4. The molecular formula is C60H60N8O12. The molecular weight excluding hydrogens is 1020 g/mol. The fraction of sp³-hybridized carbons (Fsp3) is 0.300. The lowest BCUT2D eigenvalue weighted by Gasteiger charge is -2.34. The van der Waals surface area contributed by atoms with Gasteiger partial charge in [-0.3, -0.25) is 58.0 Å². The highest BCUT2D eigenvalue weighted by Gasteiger charge is 2.43. The summed E-state index contributed by atoms with van der Waals surface area (Å²) in [4.78, 5) is 162. The number of carbonyl (C=O) groups excluding carboxylic acids is 12. The molecule has 0 N–H and O–H groups in total. The molecule has 0 unspecified atom stereocenters. The number of urea groups is 4. The molecule has 16 amide bonds. The van der Waals surface area contributed by atoms with Crippen LogP contribution in [0.5, 0.6) is 0 Å². The van der Waals surface area contributed by atoms with E-state index in [1.807, 2.05) is 52.0 Å². The molecule has 4 heterocycles. The second-order valence-electron chi connectivity index (χ2n) is 20.2. The van der Waals surface area contributed by atoms with Crippen LogP contribution in [0, 0.1) is 41.5 Å². The Bertz CT molecular complexity index is 3210. The summed E-state index contributed by atoms with van der Waals surface area (Å²) in [6.07, 6.45) is 0.692. The topological polar surface area (TPSA) is 231 Å². The number of aryl methyl sites for hydroxylation is 6. The minimum atomic E-state index is -0.741. The molecule has 0 bridgehead atoms. The van der Waals surface area contributed by atoms with E-state index >= 15 is 0 Å². The highest BCUT2D eigenvalue weighted by molar-refractivity contribution is 6.29. The minimum Gasteiger partial charge on any atom is -0.274 e. The van der Waals surface area contributed by atoms with Gasteiger partial charge in [-0.15, -0.1) is 0 Å². The fourth-order valence-electron chi connectivity index (χ4n) is 9.89. The van der Waals surface area contributed by atoms with Crippen LogP contribution in [-0.2, 0) is 51.4 Å². The van der Waals surface area contributed by atoms with Gasteiger partial charge in [0.2, 0.25) is 47.3 Å². The SMILES string of the molecule is Cc1ccc(C)c(N2C(=O)CC(=O)N(CCCCCCN3C(=O)CC(=O)N(c4cc(C)ccc4C)C3=O)C2=O)c1.Cc1ccccc1N1C(=O)CC(=O)N(Cc2cccc(CN3C(=O)CC(=O)N(c4ccccc4C)C3=O)c2)C1=O. The average molecular weight is 1090 g/mol. The zero-order chi connectivity index (χ0) is 57.7. The molecule has 20 nitrogen and oxygen atoms in total. The molecule has 4 aliphatic rings. The van der Waals surface area contributed by atoms with Crippen molar-refractivity contribution < 1.29 is 57.5 Å². The first-order chi connectivity index (χ1) is 38.1. The van der Waals surface area contributed by atoms with Crippen molar-refractivity contribution in [1.29, 1.82) is 0 Å². The minimum absolute atomic E-state index is 0.100. The number of barbiturate groups is 4. The maximum Gasteiger partial charge on any atom is 0.338 e. The van der Waals surface area contributed by atoms with Gasteiger partial charge in [0.15, 0.2) is 0 Å². The quantitative estimate of drug-likeness (QED) is 0.0708. The molecule has 0 atom stereocenters. The van der Waals surface area contributed by atoms with Crippen LogP contribution in [0.25, 0.3) is 0 Å². The molecule has 0 aliphatic carbocycles. The van der Waals surface area contributed by atoms with Crippen molar-refractivity contribution in [2.24, 2.45) is 0 Å². The van der Waals surface area contributed by atoms with Gasteiger partial charge < -0.3 is 0 Å². The monoisotopic (exact) mass is 1080 g/mol. The summed E-state index contributed by atoms with van der Waals surface area (Å²) in [5, 5.41) is 0. The van der Waals surface area contributed by atoms with Crippen LogP contribution >= 0.6 is 0 Å². The molecule has 5 aromatic rings. The van der Waals surface area contributed by atoms with Gasteiger partial charge in [-0.1, -0.05) is 97.8 Å². The Labute approximate surface area is 462 Å². The molecule has 412 valence electrons. The number of imide groups is 8. The number of unbranched alkanes of at least 4 members (excludes halogenated alkanes) is 3. The lowest BCUT2D eigenvalue weighted by molar-refractivity contribution is -0.136. The highest BCUT2D eigenvalue weighted by Crippen LogP contribution is 2.31. The molecule has 0 spiro atoms. The molecule has 80 heavy (non-hydrogen) atoms. The molecule has 4 saturated heterocycles. The Morgan fingerprint density at radius 3 is 0.975 bits per heavy atom. The number of rotatable bonds is 15. The van der Waals surface area contributed by atoms with Gasteiger partial charge in [0.1, 0.15) is 25.7 Å². The van der Waals surface area contributed by atoms with Crippen LogP contribution in [0.3, 0.4) is 0 Å². The fourth-order valence-corrected chi connectivity index (χ4v) is 9.89. The van der Waals surface area contributed by atoms with E-state index < -0.39 is 84.2 Å². The number of benzene rings is 5. The van der Waals surface area contributed by atoms with Gasteiger partial charge in [0.05, 0.1) is 35.8 Å². The summed E-state index contributed by atoms with van der Waals surface area (Å²) in [5.74, 6) is -4.52. The predicted molar refractivity (Wildman–Crippen MR) is 294 cm³/mol. The summed E-state index contributed by atoms with van der Waals surface area (Å²) in [6.45, 7) is 11.0. The molecule has 0 saturated carbocycles. The number of anilines is 4. The second kappa shape index (κ2) is 24.1. The van der Waals surface area contributed by atoms with Crippen LogP contribution in [0.4, 0.5) is 41.9 Å². The second-order valence-corrected chi connectivity index (χ2v) is 20.2. The van der Waals surface area contributed by atoms with Gasteiger partial charge in [0, 0.05) is 13.1 Å². The van der Waals surface area contributed by atoms with E-state index in [2.05, 4.69) is 0 Å². The Balaban J connectivity index is 0.000000210. The summed E-state index contributed by atoms with van der Waals surface area (Å²) < 4.78 is 0. The smallest absolute Gasteiger partial charge is 0.274 e. The van der Waals surface area contributed by atoms with E-state index in [0.29, 0.717) is 59.6 Å². The Morgan fingerprint density at radius 2 is 0.613 bits per heavy atom. The van der Waals surface area contributed by atoms with Crippen molar-refractivity contribution in [2.45, 2.75) is 106 Å². The van der Waals surface area contributed by atoms with Gasteiger partial charge in [-0.25, -0.2) is 38.8 Å². The summed E-state index contributed by atoms with van der Waals surface area (Å²) in [7, 11) is 0. The third kappa shape index (κ3) is 12.0. The number of hydrogen-bond acceptors (Lipinski definition) is 12. The maximum absolute atomic E-state index is 13.3. The third-order valence-electron chi connectivity index (χ3n) is 14.2. The Hall–Kier alpha value is -9.46. The van der Waals surface area contributed by atoms with Crippen molar-refractivity contribution in [3.63, 3.8) is 0 Å². The van der Waals surface area contributed by atoms with Gasteiger partial charge in [0.25, 0.3) is 0 Å². The molecule has 0 aromatic heterocycles. The first-order valence-electron chi connectivity index (χ1n) is 26.2. The maximum atomic E-state index is 13.3. The third-order valence-corrected chi connectivity index (χ3v) is 14.2. The lowest BCUT2D eigenvalue weighted by atomic mass is 10.1. The standard InChI is InChI=1S/C30H26N4O6.C30H34N4O6/c1-19-8-3-5-12-23(19)33-27(37)15-25(35)31(29(33)39)17-21-10-7-11-22(14-21)18-32-26(36)16-28(38)34(30(32)40)24-13-6-4-9-20(24)2;1-19-9-11-21(3)23(15-19)33-27(37)17-25(35)31(29(33)39)13-7-5-6-8-14-32-26(36)18-28(38)34(30(32)40)24-16-20(2)10-12-22(24)4/h3-14H,15-18H2,1-2H3;9-12,15-16H,5-8,13-14,17-18H2,1-4H3. The first-order valence-corrected chi connectivity index (χ1v) is 26.2. The normalized spacial score (nSPS) is 16.4. The van der Waals surface area contributed by atoms with Crippen LogP contribution in [-0.4, -0.2) is 104 Å². The van der Waals surface area contributed by atoms with Crippen LogP contribution < -0.4 is 19.6 Å². The largest absolute Gasteiger partial charge is 0.338 e. The molecule has 20 heteroatoms. The van der Waals surface area contributed by atoms with Crippen molar-refractivity contribution in [2.75, 3.05) is 32.7 Å². The van der Waals surface area contributed by atoms with Gasteiger partial charge in [-0.2, -0.15) is 0 Å². The van der Waals surface area contributed by atoms with Crippen LogP contribution in [0.2, 0.25) is 0 Å². The van der Waals surface area contributed by atoms with Crippen LogP contribution in [0.15, 0.2) is 109 Å². The predicted octanol–water partition coefficient (Wildman–Crippen LogP) is 8.63. The molecule has 0 radical (unpaired) electrons. The molecule has 5 aromatic carbocycles. The van der Waals surface area contributed by atoms with Crippen LogP contribution in [0.1, 0.15) is 95.9 Å². The van der Waals surface area contributed by atoms with Crippen molar-refractivity contribution in [3.8, 4) is 0 Å². The number of amides is 16. The van der Waals surface area contributed by atoms with Crippen molar-refractivity contribution in [3.05, 3.63) is 154 Å². The summed E-state index contributed by atoms with van der Waals surface area (Å²) >= 11 is 0. The first kappa shape index (κ1) is 56.7. The number of para-hydroxylation sites is 2. The van der Waals surface area contributed by atoms with E-state index in [0.717, 1.165) is 72.6 Å². The molecule has 4 fully saturated rings. The van der Waals surface area contributed by atoms with E-state index in [9.17, 15) is 57.5 Å². The molecule has 9 rings (SSSR count). The van der Waals surface area contributed by atoms with Crippen molar-refractivity contribution >= 4 is 94.1 Å². The van der Waals surface area contributed by atoms with Gasteiger partial charge in [-0.05, 0) is 123 Å².